The lowest BCUT2D eigenvalue weighted by atomic mass is 10.1. The van der Waals surface area contributed by atoms with Crippen LogP contribution in [0.1, 0.15) is 34.5 Å². The molecule has 3 rings (SSSR count). The Hall–Kier alpha value is -2.33. The van der Waals surface area contributed by atoms with Crippen LogP contribution in [0, 0.1) is 0 Å². The number of amides is 1. The quantitative estimate of drug-likeness (QED) is 0.238. The highest BCUT2D eigenvalue weighted by molar-refractivity contribution is 14.0. The molecule has 8 heteroatoms. The van der Waals surface area contributed by atoms with E-state index in [1.807, 2.05) is 24.3 Å². The number of guanidine groups is 1. The second-order valence-corrected chi connectivity index (χ2v) is 7.18. The number of carbonyl (C=O) groups excluding carboxylic acids is 1. The minimum absolute atomic E-state index is 0. The standard InChI is InChI=1S/C21H24N4O2S.HI/c1-15(17-8-10-28-14-17)12-23-21(22-2)24-13-16-5-3-6-18(11-16)25-20(26)19-7-4-9-27-19;/h3-11,14-15H,12-13H2,1-2H3,(H,25,26)(H2,22,23,24);1H. The number of hydrogen-bond acceptors (Lipinski definition) is 4. The molecule has 1 amide bonds. The molecule has 2 aromatic heterocycles. The molecule has 3 N–H and O–H groups in total. The zero-order chi connectivity index (χ0) is 19.8. The summed E-state index contributed by atoms with van der Waals surface area (Å²) in [5, 5.41) is 13.8. The maximum absolute atomic E-state index is 12.1. The Morgan fingerprint density at radius 1 is 1.21 bits per heavy atom. The number of benzene rings is 1. The van der Waals surface area contributed by atoms with Gasteiger partial charge in [0.25, 0.3) is 5.91 Å². The first-order valence-electron chi connectivity index (χ1n) is 9.06. The van der Waals surface area contributed by atoms with Gasteiger partial charge in [-0.05, 0) is 58.1 Å². The van der Waals surface area contributed by atoms with E-state index in [1.54, 1.807) is 30.5 Å². The summed E-state index contributed by atoms with van der Waals surface area (Å²) in [4.78, 5) is 16.4. The zero-order valence-corrected chi connectivity index (χ0v) is 19.5. The minimum atomic E-state index is -0.269. The molecule has 29 heavy (non-hydrogen) atoms. The van der Waals surface area contributed by atoms with E-state index in [0.29, 0.717) is 12.5 Å². The number of anilines is 1. The third-order valence-electron chi connectivity index (χ3n) is 4.30. The Bertz CT molecular complexity index is 911. The first-order valence-corrected chi connectivity index (χ1v) is 10.0. The van der Waals surface area contributed by atoms with E-state index < -0.39 is 0 Å². The molecular weight excluding hydrogens is 499 g/mol. The maximum atomic E-state index is 12.1. The van der Waals surface area contributed by atoms with Crippen molar-refractivity contribution in [2.24, 2.45) is 4.99 Å². The third-order valence-corrected chi connectivity index (χ3v) is 5.00. The van der Waals surface area contributed by atoms with E-state index in [4.69, 9.17) is 4.42 Å². The van der Waals surface area contributed by atoms with Gasteiger partial charge in [0.2, 0.25) is 0 Å². The fourth-order valence-electron chi connectivity index (χ4n) is 2.69. The van der Waals surface area contributed by atoms with Crippen LogP contribution in [0.25, 0.3) is 0 Å². The van der Waals surface area contributed by atoms with Crippen molar-refractivity contribution in [3.05, 3.63) is 76.4 Å². The Morgan fingerprint density at radius 2 is 2.07 bits per heavy atom. The lowest BCUT2D eigenvalue weighted by Gasteiger charge is -2.16. The molecule has 6 nitrogen and oxygen atoms in total. The van der Waals surface area contributed by atoms with Crippen LogP contribution in [-0.2, 0) is 6.54 Å². The van der Waals surface area contributed by atoms with Crippen molar-refractivity contribution in [1.82, 2.24) is 10.6 Å². The summed E-state index contributed by atoms with van der Waals surface area (Å²) in [6.45, 7) is 3.58. The molecular formula is C21H25IN4O2S. The number of halogens is 1. The highest BCUT2D eigenvalue weighted by Crippen LogP contribution is 2.17. The fourth-order valence-corrected chi connectivity index (χ4v) is 3.47. The summed E-state index contributed by atoms with van der Waals surface area (Å²) in [5.74, 6) is 1.17. The minimum Gasteiger partial charge on any atom is -0.459 e. The first kappa shape index (κ1) is 23.0. The largest absolute Gasteiger partial charge is 0.459 e. The van der Waals surface area contributed by atoms with E-state index in [-0.39, 0.29) is 35.6 Å². The second-order valence-electron chi connectivity index (χ2n) is 6.40. The molecule has 0 saturated carbocycles. The number of furan rings is 1. The normalized spacial score (nSPS) is 12.0. The lowest BCUT2D eigenvalue weighted by molar-refractivity contribution is 0.0996. The SMILES string of the molecule is CN=C(NCc1cccc(NC(=O)c2ccco2)c1)NCC(C)c1ccsc1.I. The van der Waals surface area contributed by atoms with Gasteiger partial charge in [-0.15, -0.1) is 24.0 Å². The Labute approximate surface area is 191 Å². The summed E-state index contributed by atoms with van der Waals surface area (Å²) in [6.07, 6.45) is 1.48. The van der Waals surface area contributed by atoms with Crippen LogP contribution in [0.4, 0.5) is 5.69 Å². The molecule has 0 aliphatic heterocycles. The van der Waals surface area contributed by atoms with Crippen molar-refractivity contribution >= 4 is 52.9 Å². The van der Waals surface area contributed by atoms with E-state index in [9.17, 15) is 4.79 Å². The van der Waals surface area contributed by atoms with Crippen molar-refractivity contribution in [3.8, 4) is 0 Å². The number of thiophene rings is 1. The number of aliphatic imine (C=N–C) groups is 1. The van der Waals surface area contributed by atoms with E-state index in [0.717, 1.165) is 23.8 Å². The van der Waals surface area contributed by atoms with Crippen LogP contribution in [0.15, 0.2) is 68.9 Å². The number of nitrogens with one attached hydrogen (secondary N) is 3. The van der Waals surface area contributed by atoms with Gasteiger partial charge in [-0.25, -0.2) is 0 Å². The maximum Gasteiger partial charge on any atom is 0.291 e. The molecule has 2 heterocycles. The molecule has 0 saturated heterocycles. The molecule has 1 aromatic carbocycles. The molecule has 3 aromatic rings. The summed E-state index contributed by atoms with van der Waals surface area (Å²) in [5.41, 5.74) is 3.08. The van der Waals surface area contributed by atoms with Crippen LogP contribution < -0.4 is 16.0 Å². The van der Waals surface area contributed by atoms with Crippen molar-refractivity contribution < 1.29 is 9.21 Å². The summed E-state index contributed by atoms with van der Waals surface area (Å²) >= 11 is 1.71. The van der Waals surface area contributed by atoms with Crippen LogP contribution >= 0.6 is 35.3 Å². The van der Waals surface area contributed by atoms with Gasteiger partial charge in [0.05, 0.1) is 6.26 Å². The second kappa shape index (κ2) is 11.6. The summed E-state index contributed by atoms with van der Waals surface area (Å²) in [7, 11) is 1.75. The van der Waals surface area contributed by atoms with Gasteiger partial charge in [-0.1, -0.05) is 19.1 Å². The fraction of sp³-hybridized carbons (Fsp3) is 0.238. The van der Waals surface area contributed by atoms with E-state index >= 15 is 0 Å². The van der Waals surface area contributed by atoms with Gasteiger partial charge in [-0.3, -0.25) is 9.79 Å². The van der Waals surface area contributed by atoms with Crippen molar-refractivity contribution in [2.75, 3.05) is 18.9 Å². The van der Waals surface area contributed by atoms with Crippen molar-refractivity contribution in [1.29, 1.82) is 0 Å². The number of hydrogen-bond donors (Lipinski definition) is 3. The summed E-state index contributed by atoms with van der Waals surface area (Å²) in [6, 6.07) is 13.1. The number of nitrogens with zero attached hydrogens (tertiary/aromatic N) is 1. The van der Waals surface area contributed by atoms with Crippen LogP contribution in [0.3, 0.4) is 0 Å². The molecule has 0 aliphatic carbocycles. The first-order chi connectivity index (χ1) is 13.7. The molecule has 154 valence electrons. The average molecular weight is 524 g/mol. The van der Waals surface area contributed by atoms with Gasteiger partial charge in [-0.2, -0.15) is 11.3 Å². The van der Waals surface area contributed by atoms with Gasteiger partial charge < -0.3 is 20.4 Å². The predicted octanol–water partition coefficient (Wildman–Crippen LogP) is 4.68. The highest BCUT2D eigenvalue weighted by Gasteiger charge is 2.09. The van der Waals surface area contributed by atoms with Crippen LogP contribution in [0.5, 0.6) is 0 Å². The monoisotopic (exact) mass is 524 g/mol. The van der Waals surface area contributed by atoms with Gasteiger partial charge in [0.1, 0.15) is 0 Å². The molecule has 0 spiro atoms. The van der Waals surface area contributed by atoms with Gasteiger partial charge in [0.15, 0.2) is 11.7 Å². The number of rotatable bonds is 7. The number of carbonyl (C=O) groups is 1. The Morgan fingerprint density at radius 3 is 2.76 bits per heavy atom. The van der Waals surface area contributed by atoms with Crippen LogP contribution in [0.2, 0.25) is 0 Å². The molecule has 1 atom stereocenters. The Kier molecular flexibility index (Phi) is 9.20. The highest BCUT2D eigenvalue weighted by atomic mass is 127. The predicted molar refractivity (Wildman–Crippen MR) is 129 cm³/mol. The topological polar surface area (TPSA) is 78.7 Å². The van der Waals surface area contributed by atoms with E-state index in [2.05, 4.69) is 44.7 Å². The van der Waals surface area contributed by atoms with Crippen molar-refractivity contribution in [3.63, 3.8) is 0 Å². The molecule has 0 radical (unpaired) electrons. The molecule has 0 aliphatic rings. The molecule has 0 bridgehead atoms. The third kappa shape index (κ3) is 6.90. The molecule has 1 unspecified atom stereocenters. The van der Waals surface area contributed by atoms with Gasteiger partial charge >= 0.3 is 0 Å². The summed E-state index contributed by atoms with van der Waals surface area (Å²) < 4.78 is 5.12. The smallest absolute Gasteiger partial charge is 0.291 e. The lowest BCUT2D eigenvalue weighted by Crippen LogP contribution is -2.38. The van der Waals surface area contributed by atoms with Crippen LogP contribution in [-0.4, -0.2) is 25.5 Å². The Balaban J connectivity index is 0.00000300. The zero-order valence-electron chi connectivity index (χ0n) is 16.3. The van der Waals surface area contributed by atoms with Crippen molar-refractivity contribution in [2.45, 2.75) is 19.4 Å². The van der Waals surface area contributed by atoms with Gasteiger partial charge in [0, 0.05) is 25.8 Å². The average Bonchev–Trinajstić information content (AvgIpc) is 3.42. The molecule has 0 fully saturated rings. The van der Waals surface area contributed by atoms with E-state index in [1.165, 1.54) is 11.8 Å².